The van der Waals surface area contributed by atoms with Crippen molar-refractivity contribution in [1.29, 1.82) is 0 Å². The van der Waals surface area contributed by atoms with Gasteiger partial charge in [0.2, 0.25) is 0 Å². The van der Waals surface area contributed by atoms with E-state index in [-0.39, 0.29) is 0 Å². The molecule has 5 N–H and O–H groups in total. The molecule has 0 aromatic carbocycles. The van der Waals surface area contributed by atoms with Gasteiger partial charge in [-0.15, -0.1) is 0 Å². The predicted molar refractivity (Wildman–Crippen MR) is 101 cm³/mol. The van der Waals surface area contributed by atoms with Crippen LogP contribution in [0.15, 0.2) is 0 Å². The number of nitrogens with two attached hydrogens (primary N) is 2. The third kappa shape index (κ3) is 24.3. The minimum atomic E-state index is -0.933. The molecule has 0 amide bonds. The quantitative estimate of drug-likeness (QED) is 0.310. The Morgan fingerprint density at radius 3 is 1.83 bits per heavy atom. The van der Waals surface area contributed by atoms with Crippen molar-refractivity contribution in [1.82, 2.24) is 0 Å². The van der Waals surface area contributed by atoms with E-state index in [1.165, 1.54) is 51.4 Å². The molecule has 5 nitrogen and oxygen atoms in total. The summed E-state index contributed by atoms with van der Waals surface area (Å²) in [7, 11) is 0. The smallest absolute Gasteiger partial charge is 0.320 e. The summed E-state index contributed by atoms with van der Waals surface area (Å²) < 4.78 is 0.480. The van der Waals surface area contributed by atoms with Gasteiger partial charge in [0.15, 0.2) is 0 Å². The number of unbranched alkanes of at least 4 members (excludes halogenated alkanes) is 9. The van der Waals surface area contributed by atoms with Gasteiger partial charge >= 0.3 is 113 Å². The Kier molecular flexibility index (Phi) is 23.1. The van der Waals surface area contributed by atoms with Gasteiger partial charge in [0.05, 0.1) is 0 Å². The van der Waals surface area contributed by atoms with Crippen LogP contribution in [-0.2, 0) is 9.59 Å². The van der Waals surface area contributed by atoms with Crippen LogP contribution in [0.2, 0.25) is 0 Å². The zero-order valence-corrected chi connectivity index (χ0v) is 17.9. The minimum Gasteiger partial charge on any atom is -0.480 e. The number of aliphatic carboxylic acids is 1. The molecule has 24 heavy (non-hydrogen) atoms. The van der Waals surface area contributed by atoms with Crippen LogP contribution >= 0.6 is 0 Å². The van der Waals surface area contributed by atoms with Crippen molar-refractivity contribution in [3.8, 4) is 0 Å². The molecule has 1 unspecified atom stereocenters. The Morgan fingerprint density at radius 2 is 1.42 bits per heavy atom. The number of carbonyl (C=O) groups is 2. The molecule has 0 aliphatic heterocycles. The van der Waals surface area contributed by atoms with E-state index in [9.17, 15) is 9.59 Å². The summed E-state index contributed by atoms with van der Waals surface area (Å²) in [4.78, 5) is 20.8. The molecular formula is C18H37N2NaO3. The minimum absolute atomic E-state index is 0.480. The summed E-state index contributed by atoms with van der Waals surface area (Å²) in [5, 5.41) is 8.33. The molecule has 0 rings (SSSR count). The van der Waals surface area contributed by atoms with E-state index >= 15 is 0 Å². The molecule has 0 fully saturated rings. The fourth-order valence-corrected chi connectivity index (χ4v) is 2.67. The van der Waals surface area contributed by atoms with Gasteiger partial charge in [-0.1, -0.05) is 6.42 Å². The van der Waals surface area contributed by atoms with Gasteiger partial charge in [-0.3, -0.25) is 4.79 Å². The van der Waals surface area contributed by atoms with E-state index in [1.54, 1.807) is 0 Å². The molecule has 0 bridgehead atoms. The van der Waals surface area contributed by atoms with Crippen LogP contribution in [0.5, 0.6) is 0 Å². The second-order valence-corrected chi connectivity index (χ2v) is 7.62. The molecular weight excluding hydrogens is 315 g/mol. The maximum Gasteiger partial charge on any atom is 0.320 e. The van der Waals surface area contributed by atoms with Crippen LogP contribution in [0.1, 0.15) is 90.4 Å². The molecule has 0 saturated carbocycles. The molecule has 0 aromatic heterocycles. The molecule has 0 radical (unpaired) electrons. The van der Waals surface area contributed by atoms with Crippen molar-refractivity contribution in [2.75, 3.05) is 6.54 Å². The Morgan fingerprint density at radius 1 is 0.917 bits per heavy atom. The SMILES string of the molecule is CCCCCCCCCCC[C](=O)[Na].NCCCCC(N)C(=O)O. The van der Waals surface area contributed by atoms with Gasteiger partial charge in [-0.05, 0) is 19.4 Å². The van der Waals surface area contributed by atoms with E-state index in [2.05, 4.69) is 6.92 Å². The van der Waals surface area contributed by atoms with Crippen molar-refractivity contribution in [2.24, 2.45) is 11.5 Å². The average Bonchev–Trinajstić information content (AvgIpc) is 2.53. The average molecular weight is 352 g/mol. The van der Waals surface area contributed by atoms with Gasteiger partial charge < -0.3 is 16.6 Å². The van der Waals surface area contributed by atoms with Crippen LogP contribution < -0.4 is 11.5 Å². The van der Waals surface area contributed by atoms with E-state index in [0.29, 0.717) is 16.0 Å². The second kappa shape index (κ2) is 21.1. The monoisotopic (exact) mass is 352 g/mol. The summed E-state index contributed by atoms with van der Waals surface area (Å²) in [5.74, 6) is -0.933. The van der Waals surface area contributed by atoms with Gasteiger partial charge in [-0.2, -0.15) is 0 Å². The van der Waals surface area contributed by atoms with Crippen LogP contribution in [0, 0.1) is 0 Å². The molecule has 6 heteroatoms. The first-order valence-corrected chi connectivity index (χ1v) is 10.6. The first-order valence-electron chi connectivity index (χ1n) is 9.63. The van der Waals surface area contributed by atoms with Crippen LogP contribution in [0.4, 0.5) is 0 Å². The molecule has 0 spiro atoms. The van der Waals surface area contributed by atoms with Crippen LogP contribution in [0.25, 0.3) is 0 Å². The molecule has 0 saturated heterocycles. The third-order valence-electron chi connectivity index (χ3n) is 3.92. The molecule has 138 valence electrons. The third-order valence-corrected chi connectivity index (χ3v) is 4.42. The summed E-state index contributed by atoms with van der Waals surface area (Å²) in [6.07, 6.45) is 15.1. The van der Waals surface area contributed by atoms with Crippen LogP contribution in [0.3, 0.4) is 0 Å². The van der Waals surface area contributed by atoms with Gasteiger partial charge in [-0.25, -0.2) is 0 Å². The molecule has 0 aliphatic carbocycles. The first kappa shape index (κ1) is 26.3. The summed E-state index contributed by atoms with van der Waals surface area (Å²) in [6, 6.07) is -0.716. The van der Waals surface area contributed by atoms with E-state index in [0.717, 1.165) is 53.6 Å². The second-order valence-electron chi connectivity index (χ2n) is 6.51. The fraction of sp³-hybridized carbons (Fsp3) is 0.889. The Balaban J connectivity index is 0. The molecule has 0 aliphatic rings. The summed E-state index contributed by atoms with van der Waals surface area (Å²) >= 11 is 0.751. The number of hydrogen-bond acceptors (Lipinski definition) is 4. The largest absolute Gasteiger partial charge is 0.480 e. The maximum atomic E-state index is 10.7. The summed E-state index contributed by atoms with van der Waals surface area (Å²) in [6.45, 7) is 2.86. The number of rotatable bonds is 15. The molecule has 0 aromatic rings. The van der Waals surface area contributed by atoms with Crippen molar-refractivity contribution >= 4 is 36.9 Å². The van der Waals surface area contributed by atoms with Gasteiger partial charge in [0.25, 0.3) is 0 Å². The van der Waals surface area contributed by atoms with Crippen molar-refractivity contribution < 1.29 is 14.7 Å². The van der Waals surface area contributed by atoms with Gasteiger partial charge in [0, 0.05) is 0 Å². The van der Waals surface area contributed by atoms with Crippen molar-refractivity contribution in [2.45, 2.75) is 96.4 Å². The number of hydrogen-bond donors (Lipinski definition) is 3. The van der Waals surface area contributed by atoms with Crippen molar-refractivity contribution in [3.05, 3.63) is 0 Å². The maximum absolute atomic E-state index is 10.7. The molecule has 0 heterocycles. The number of carboxylic acid groups (broad SMARTS) is 1. The Bertz CT molecular complexity index is 302. The Labute approximate surface area is 165 Å². The van der Waals surface area contributed by atoms with Crippen LogP contribution in [-0.4, -0.2) is 54.6 Å². The first-order chi connectivity index (χ1) is 11.5. The van der Waals surface area contributed by atoms with Gasteiger partial charge in [0.1, 0.15) is 6.04 Å². The fourth-order valence-electron chi connectivity index (χ4n) is 2.32. The topological polar surface area (TPSA) is 106 Å². The Hall–Kier alpha value is 0.0600. The van der Waals surface area contributed by atoms with E-state index in [1.807, 2.05) is 0 Å². The summed E-state index contributed by atoms with van der Waals surface area (Å²) in [5.41, 5.74) is 10.4. The number of carbonyl (C=O) groups excluding carboxylic acids is 1. The van der Waals surface area contributed by atoms with Crippen molar-refractivity contribution in [3.63, 3.8) is 0 Å². The zero-order chi connectivity index (χ0) is 18.6. The normalized spacial score (nSPS) is 11.5. The zero-order valence-electron chi connectivity index (χ0n) is 15.9. The predicted octanol–water partition coefficient (Wildman–Crippen LogP) is 3.13. The van der Waals surface area contributed by atoms with E-state index < -0.39 is 12.0 Å². The standard InChI is InChI=1S/C12H23O.C6H14N2O2.Na/c1-2-3-4-5-6-7-8-9-10-11-12-13;7-4-2-1-3-5(8)6(9)10;/h2-11H2,1H3;5H,1-4,7-8H2,(H,9,10);. The van der Waals surface area contributed by atoms with E-state index in [4.69, 9.17) is 16.6 Å². The molecule has 1 atom stereocenters. The number of carboxylic acids is 1.